The molecule has 0 fully saturated rings. The highest BCUT2D eigenvalue weighted by Crippen LogP contribution is 2.12. The van der Waals surface area contributed by atoms with Crippen LogP contribution in [0, 0.1) is 5.92 Å². The van der Waals surface area contributed by atoms with Crippen molar-refractivity contribution in [3.05, 3.63) is 0 Å². The van der Waals surface area contributed by atoms with Crippen molar-refractivity contribution < 1.29 is 88.2 Å². The van der Waals surface area contributed by atoms with Crippen molar-refractivity contribution in [2.45, 2.75) is 152 Å². The van der Waals surface area contributed by atoms with Crippen LogP contribution in [0.2, 0.25) is 0 Å². The molecule has 0 radical (unpaired) electrons. The highest BCUT2D eigenvalue weighted by Gasteiger charge is 2.36. The topological polar surface area (TPSA) is 501 Å². The Bertz CT molecular complexity index is 1800. The van der Waals surface area contributed by atoms with Gasteiger partial charge in [0.1, 0.15) is 48.3 Å². The number of unbranched alkanes of at least 4 members (excludes halogenated alkanes) is 2. The Morgan fingerprint density at radius 3 is 1.14 bits per heavy atom. The molecule has 0 saturated heterocycles. The number of rotatable bonds is 37. The van der Waals surface area contributed by atoms with Gasteiger partial charge in [-0.1, -0.05) is 20.3 Å². The summed E-state index contributed by atoms with van der Waals surface area (Å²) in [5, 5.41) is 75.5. The molecule has 0 aromatic heterocycles. The molecular weight excluding hydrogens is 935 g/mol. The summed E-state index contributed by atoms with van der Waals surface area (Å²) in [7, 11) is 0. The van der Waals surface area contributed by atoms with Gasteiger partial charge in [0.05, 0.1) is 25.7 Å². The Hall–Kier alpha value is -6.56. The number of aliphatic hydroxyl groups excluding tert-OH is 2. The minimum atomic E-state index is -2.03. The molecule has 0 aromatic rings. The van der Waals surface area contributed by atoms with Crippen molar-refractivity contribution in [1.82, 2.24) is 42.5 Å². The molecule has 0 aromatic carbocycles. The van der Waals surface area contributed by atoms with Crippen LogP contribution in [0.1, 0.15) is 97.8 Å². The molecule has 70 heavy (non-hydrogen) atoms. The highest BCUT2D eigenvalue weighted by molar-refractivity contribution is 5.99. The summed E-state index contributed by atoms with van der Waals surface area (Å²) >= 11 is 0. The molecule has 8 amide bonds. The molecule has 20 N–H and O–H groups in total. The number of hydrogen-bond donors (Lipinski definition) is 17. The fourth-order valence-electron chi connectivity index (χ4n) is 6.24. The van der Waals surface area contributed by atoms with Gasteiger partial charge in [0.2, 0.25) is 47.3 Å². The number of aliphatic carboxylic acids is 4. The lowest BCUT2D eigenvalue weighted by Gasteiger charge is -2.29. The first-order chi connectivity index (χ1) is 32.9. The number of nitrogens with one attached hydrogen (secondary N) is 8. The standard InChI is InChI=1S/C41H71N11O18/c1-4-20(2)32(40(68)47-23(10-6-8-16-43)34(62)48-25(41(69)70)12-14-30(57)58)52-37(65)26(17-31(59)60)49-36(64)24(11-13-29(55)56)46-38(66)27(18-53)51-39(67)28(19-54)50-35(63)22(9-5-7-15-42)45-33(61)21(3)44/h20-28,32,53-54H,4-19,42-44H2,1-3H3,(H,45,61)(H,46,66)(H,47,68)(H,48,62)(H,49,64)(H,50,63)(H,51,67)(H,52,65)(H,55,56)(H,57,58)(H,59,60)(H,69,70)/t20-,21-,22-,23-,24-,25-,26-,27-,28-,32-/m0/s1. The van der Waals surface area contributed by atoms with E-state index in [0.29, 0.717) is 19.3 Å². The summed E-state index contributed by atoms with van der Waals surface area (Å²) in [4.78, 5) is 153. The zero-order chi connectivity index (χ0) is 53.7. The lowest BCUT2D eigenvalue weighted by atomic mass is 9.96. The molecule has 0 aliphatic heterocycles. The molecule has 0 unspecified atom stereocenters. The van der Waals surface area contributed by atoms with E-state index in [9.17, 15) is 83.1 Å². The van der Waals surface area contributed by atoms with Crippen LogP contribution in [0.5, 0.6) is 0 Å². The fourth-order valence-corrected chi connectivity index (χ4v) is 6.24. The number of carboxylic acid groups (broad SMARTS) is 4. The minimum absolute atomic E-state index is 0.0553. The van der Waals surface area contributed by atoms with Crippen LogP contribution >= 0.6 is 0 Å². The van der Waals surface area contributed by atoms with Gasteiger partial charge in [0.15, 0.2) is 0 Å². The molecule has 0 aliphatic carbocycles. The van der Waals surface area contributed by atoms with Crippen LogP contribution in [0.4, 0.5) is 0 Å². The fraction of sp³-hybridized carbons (Fsp3) is 0.707. The van der Waals surface area contributed by atoms with Crippen molar-refractivity contribution in [3.8, 4) is 0 Å². The van der Waals surface area contributed by atoms with Gasteiger partial charge in [0.25, 0.3) is 0 Å². The highest BCUT2D eigenvalue weighted by atomic mass is 16.4. The second-order valence-electron chi connectivity index (χ2n) is 16.3. The van der Waals surface area contributed by atoms with Crippen molar-refractivity contribution in [3.63, 3.8) is 0 Å². The summed E-state index contributed by atoms with van der Waals surface area (Å²) in [5.41, 5.74) is 16.7. The van der Waals surface area contributed by atoms with E-state index in [1.54, 1.807) is 6.92 Å². The molecule has 0 saturated carbocycles. The van der Waals surface area contributed by atoms with Gasteiger partial charge in [-0.25, -0.2) is 4.79 Å². The predicted molar refractivity (Wildman–Crippen MR) is 242 cm³/mol. The number of nitrogens with two attached hydrogens (primary N) is 3. The van der Waals surface area contributed by atoms with Crippen molar-refractivity contribution >= 4 is 71.1 Å². The van der Waals surface area contributed by atoms with E-state index in [1.807, 2.05) is 0 Å². The minimum Gasteiger partial charge on any atom is -0.481 e. The van der Waals surface area contributed by atoms with Crippen LogP contribution in [0.3, 0.4) is 0 Å². The lowest BCUT2D eigenvalue weighted by Crippen LogP contribution is -2.61. The normalized spacial score (nSPS) is 15.3. The zero-order valence-electron chi connectivity index (χ0n) is 39.4. The maximum Gasteiger partial charge on any atom is 0.326 e. The number of hydrogen-bond acceptors (Lipinski definition) is 17. The molecule has 398 valence electrons. The number of amides is 8. The van der Waals surface area contributed by atoms with Crippen LogP contribution in [0.25, 0.3) is 0 Å². The first-order valence-corrected chi connectivity index (χ1v) is 22.6. The number of carbonyl (C=O) groups excluding carboxylic acids is 8. The molecular formula is C41H71N11O18. The molecule has 29 heteroatoms. The summed E-state index contributed by atoms with van der Waals surface area (Å²) in [6.07, 6.45) is -2.17. The summed E-state index contributed by atoms with van der Waals surface area (Å²) in [5.74, 6) is -15.6. The van der Waals surface area contributed by atoms with E-state index in [4.69, 9.17) is 22.3 Å². The third-order valence-electron chi connectivity index (χ3n) is 10.6. The van der Waals surface area contributed by atoms with E-state index < -0.39 is 177 Å². The average Bonchev–Trinajstić information content (AvgIpc) is 3.29. The largest absolute Gasteiger partial charge is 0.481 e. The van der Waals surface area contributed by atoms with Crippen molar-refractivity contribution in [1.29, 1.82) is 0 Å². The third kappa shape index (κ3) is 24.6. The Labute approximate surface area is 402 Å². The van der Waals surface area contributed by atoms with Gasteiger partial charge in [-0.2, -0.15) is 0 Å². The quantitative estimate of drug-likeness (QED) is 0.0257. The lowest BCUT2D eigenvalue weighted by molar-refractivity contribution is -0.143. The van der Waals surface area contributed by atoms with E-state index in [0.717, 1.165) is 0 Å². The SMILES string of the molecule is CC[C@H](C)[C@H](NC(=O)[C@H](CC(=O)O)NC(=O)[C@H](CCC(=O)O)NC(=O)[C@H](CO)NC(=O)[C@H](CO)NC(=O)[C@H](CCCCN)NC(=O)[C@H](C)N)C(=O)N[C@@H](CCCCN)C(=O)N[C@@H](CCC(=O)O)C(=O)O. The second-order valence-corrected chi connectivity index (χ2v) is 16.3. The number of carboxylic acids is 4. The molecule has 0 bridgehead atoms. The van der Waals surface area contributed by atoms with Gasteiger partial charge >= 0.3 is 23.9 Å². The summed E-state index contributed by atoms with van der Waals surface area (Å²) in [6, 6.07) is -14.5. The van der Waals surface area contributed by atoms with E-state index in [-0.39, 0.29) is 38.8 Å². The maximum absolute atomic E-state index is 13.8. The Morgan fingerprint density at radius 2 is 0.771 bits per heavy atom. The Morgan fingerprint density at radius 1 is 0.429 bits per heavy atom. The van der Waals surface area contributed by atoms with Gasteiger partial charge in [-0.05, 0) is 77.3 Å². The predicted octanol–water partition coefficient (Wildman–Crippen LogP) is -6.21. The first kappa shape index (κ1) is 63.4. The number of aliphatic hydroxyl groups is 2. The Balaban J connectivity index is 6.47. The molecule has 0 spiro atoms. The monoisotopic (exact) mass is 1010 g/mol. The van der Waals surface area contributed by atoms with Crippen LogP contribution < -0.4 is 59.7 Å². The van der Waals surface area contributed by atoms with Crippen molar-refractivity contribution in [2.24, 2.45) is 23.1 Å². The number of carbonyl (C=O) groups is 12. The van der Waals surface area contributed by atoms with Gasteiger partial charge in [-0.15, -0.1) is 0 Å². The maximum atomic E-state index is 13.8. The van der Waals surface area contributed by atoms with E-state index >= 15 is 0 Å². The summed E-state index contributed by atoms with van der Waals surface area (Å²) in [6.45, 7) is 2.69. The average molecular weight is 1010 g/mol. The van der Waals surface area contributed by atoms with Gasteiger partial charge in [0, 0.05) is 12.8 Å². The molecule has 10 atom stereocenters. The third-order valence-corrected chi connectivity index (χ3v) is 10.6. The first-order valence-electron chi connectivity index (χ1n) is 22.6. The Kier molecular flexibility index (Phi) is 30.7. The molecule has 0 aliphatic rings. The van der Waals surface area contributed by atoms with E-state index in [1.165, 1.54) is 13.8 Å². The van der Waals surface area contributed by atoms with Crippen LogP contribution in [-0.4, -0.2) is 182 Å². The van der Waals surface area contributed by atoms with Gasteiger partial charge in [-0.3, -0.25) is 52.7 Å². The molecule has 29 nitrogen and oxygen atoms in total. The summed E-state index contributed by atoms with van der Waals surface area (Å²) < 4.78 is 0. The molecule has 0 heterocycles. The van der Waals surface area contributed by atoms with E-state index in [2.05, 4.69) is 42.5 Å². The second kappa shape index (κ2) is 33.9. The van der Waals surface area contributed by atoms with Crippen LogP contribution in [0.15, 0.2) is 0 Å². The van der Waals surface area contributed by atoms with Crippen molar-refractivity contribution in [2.75, 3.05) is 26.3 Å². The zero-order valence-corrected chi connectivity index (χ0v) is 39.4. The van der Waals surface area contributed by atoms with Crippen LogP contribution in [-0.2, 0) is 57.5 Å². The smallest absolute Gasteiger partial charge is 0.326 e. The van der Waals surface area contributed by atoms with Gasteiger partial charge < -0.3 is 90.4 Å². The molecule has 0 rings (SSSR count).